The average molecular weight is 556 g/mol. The molecule has 0 unspecified atom stereocenters. The second-order valence-electron chi connectivity index (χ2n) is 9.19. The predicted octanol–water partition coefficient (Wildman–Crippen LogP) is 5.58. The van der Waals surface area contributed by atoms with Crippen LogP contribution in [0.25, 0.3) is 21.3 Å². The lowest BCUT2D eigenvalue weighted by Crippen LogP contribution is -2.40. The number of aryl methyl sites for hydroxylation is 1. The fourth-order valence-electron chi connectivity index (χ4n) is 4.70. The summed E-state index contributed by atoms with van der Waals surface area (Å²) in [5.41, 5.74) is 1.61. The number of hydrogen-bond donors (Lipinski definition) is 0. The number of aromatic nitrogens is 2. The SMILES string of the molecule is CCc1cc2c(=O)n(Cc3ccc(OC)cc3OC)c(=O)n(Cc3ccc(-c4ccccc4C#N)cc3F)c2s1. The molecule has 0 amide bonds. The number of hydrogen-bond acceptors (Lipinski definition) is 6. The molecule has 0 aliphatic rings. The first-order valence-electron chi connectivity index (χ1n) is 12.6. The van der Waals surface area contributed by atoms with E-state index in [2.05, 4.69) is 6.07 Å². The fraction of sp³-hybridized carbons (Fsp3) is 0.194. The molecule has 7 nitrogen and oxygen atoms in total. The third kappa shape index (κ3) is 4.90. The van der Waals surface area contributed by atoms with Crippen molar-refractivity contribution in [2.24, 2.45) is 0 Å². The van der Waals surface area contributed by atoms with Crippen LogP contribution in [0, 0.1) is 17.1 Å². The minimum atomic E-state index is -0.543. The molecule has 5 rings (SSSR count). The number of nitrogens with zero attached hydrogens (tertiary/aromatic N) is 3. The Balaban J connectivity index is 1.62. The molecule has 2 aromatic heterocycles. The molecule has 9 heteroatoms. The first-order valence-corrected chi connectivity index (χ1v) is 13.4. The van der Waals surface area contributed by atoms with Gasteiger partial charge in [0, 0.05) is 22.1 Å². The smallest absolute Gasteiger partial charge is 0.332 e. The lowest BCUT2D eigenvalue weighted by Gasteiger charge is -2.15. The van der Waals surface area contributed by atoms with Crippen molar-refractivity contribution in [3.8, 4) is 28.7 Å². The summed E-state index contributed by atoms with van der Waals surface area (Å²) in [6.45, 7) is 1.89. The lowest BCUT2D eigenvalue weighted by atomic mass is 9.99. The van der Waals surface area contributed by atoms with Crippen LogP contribution in [0.15, 0.2) is 76.3 Å². The molecule has 2 heterocycles. The molecule has 0 fully saturated rings. The Morgan fingerprint density at radius 3 is 2.38 bits per heavy atom. The number of thiophene rings is 1. The van der Waals surface area contributed by atoms with Gasteiger partial charge >= 0.3 is 5.69 Å². The third-order valence-corrected chi connectivity index (χ3v) is 8.16. The molecule has 0 radical (unpaired) electrons. The van der Waals surface area contributed by atoms with E-state index in [4.69, 9.17) is 9.47 Å². The van der Waals surface area contributed by atoms with Gasteiger partial charge < -0.3 is 9.47 Å². The van der Waals surface area contributed by atoms with Crippen LogP contribution in [-0.2, 0) is 19.5 Å². The van der Waals surface area contributed by atoms with Gasteiger partial charge in [-0.2, -0.15) is 5.26 Å². The number of halogens is 1. The lowest BCUT2D eigenvalue weighted by molar-refractivity contribution is 0.389. The molecular weight excluding hydrogens is 529 g/mol. The van der Waals surface area contributed by atoms with Crippen molar-refractivity contribution in [3.05, 3.63) is 115 Å². The van der Waals surface area contributed by atoms with E-state index in [1.807, 2.05) is 6.92 Å². The van der Waals surface area contributed by atoms with Crippen molar-refractivity contribution < 1.29 is 13.9 Å². The molecule has 0 N–H and O–H groups in total. The van der Waals surface area contributed by atoms with Gasteiger partial charge in [-0.1, -0.05) is 37.3 Å². The summed E-state index contributed by atoms with van der Waals surface area (Å²) in [6.07, 6.45) is 0.695. The second-order valence-corrected chi connectivity index (χ2v) is 10.3. The van der Waals surface area contributed by atoms with Gasteiger partial charge in [0.05, 0.1) is 44.3 Å². The molecule has 0 bridgehead atoms. The minimum absolute atomic E-state index is 0.0234. The number of methoxy groups -OCH3 is 2. The topological polar surface area (TPSA) is 86.2 Å². The molecule has 5 aromatic rings. The average Bonchev–Trinajstić information content (AvgIpc) is 3.43. The molecular formula is C31H26FN3O4S. The normalized spacial score (nSPS) is 11.0. The van der Waals surface area contributed by atoms with E-state index in [-0.39, 0.29) is 13.1 Å². The second kappa shape index (κ2) is 11.2. The minimum Gasteiger partial charge on any atom is -0.497 e. The Morgan fingerprint density at radius 1 is 0.925 bits per heavy atom. The van der Waals surface area contributed by atoms with Crippen molar-refractivity contribution in [1.82, 2.24) is 9.13 Å². The van der Waals surface area contributed by atoms with E-state index in [0.717, 1.165) is 9.44 Å². The highest BCUT2D eigenvalue weighted by Crippen LogP contribution is 2.28. The third-order valence-electron chi connectivity index (χ3n) is 6.86. The zero-order valence-corrected chi connectivity index (χ0v) is 23.0. The summed E-state index contributed by atoms with van der Waals surface area (Å²) in [5, 5.41) is 9.85. The zero-order valence-electron chi connectivity index (χ0n) is 22.2. The maximum absolute atomic E-state index is 15.5. The van der Waals surface area contributed by atoms with E-state index in [0.29, 0.717) is 56.0 Å². The van der Waals surface area contributed by atoms with E-state index in [9.17, 15) is 14.9 Å². The first-order chi connectivity index (χ1) is 19.4. The molecule has 40 heavy (non-hydrogen) atoms. The summed E-state index contributed by atoms with van der Waals surface area (Å²) in [7, 11) is 3.05. The molecule has 202 valence electrons. The number of rotatable bonds is 8. The van der Waals surface area contributed by atoms with Gasteiger partial charge in [-0.3, -0.25) is 13.9 Å². The predicted molar refractivity (Wildman–Crippen MR) is 154 cm³/mol. The quantitative estimate of drug-likeness (QED) is 0.250. The molecule has 3 aromatic carbocycles. The van der Waals surface area contributed by atoms with Crippen LogP contribution >= 0.6 is 11.3 Å². The van der Waals surface area contributed by atoms with Crippen molar-refractivity contribution >= 4 is 21.6 Å². The van der Waals surface area contributed by atoms with E-state index < -0.39 is 17.1 Å². The number of fused-ring (bicyclic) bond motifs is 1. The molecule has 0 saturated carbocycles. The maximum atomic E-state index is 15.5. The van der Waals surface area contributed by atoms with Crippen molar-refractivity contribution in [2.45, 2.75) is 26.4 Å². The molecule has 0 aliphatic heterocycles. The van der Waals surface area contributed by atoms with Gasteiger partial charge in [0.15, 0.2) is 0 Å². The Morgan fingerprint density at radius 2 is 1.68 bits per heavy atom. The van der Waals surface area contributed by atoms with Crippen molar-refractivity contribution in [3.63, 3.8) is 0 Å². The molecule has 0 aliphatic carbocycles. The number of benzene rings is 3. The van der Waals surface area contributed by atoms with Gasteiger partial charge in [0.25, 0.3) is 5.56 Å². The Bertz CT molecular complexity index is 1900. The first kappa shape index (κ1) is 26.9. The Kier molecular flexibility index (Phi) is 7.54. The summed E-state index contributed by atoms with van der Waals surface area (Å²) in [4.78, 5) is 28.8. The van der Waals surface area contributed by atoms with Crippen LogP contribution < -0.4 is 20.7 Å². The van der Waals surface area contributed by atoms with Gasteiger partial charge in [-0.25, -0.2) is 9.18 Å². The molecule has 0 saturated heterocycles. The van der Waals surface area contributed by atoms with Gasteiger partial charge in [0.1, 0.15) is 22.1 Å². The monoisotopic (exact) mass is 555 g/mol. The summed E-state index contributed by atoms with van der Waals surface area (Å²) < 4.78 is 28.8. The van der Waals surface area contributed by atoms with E-state index in [1.165, 1.54) is 29.1 Å². The fourth-order valence-corrected chi connectivity index (χ4v) is 5.78. The van der Waals surface area contributed by atoms with Crippen LogP contribution in [-0.4, -0.2) is 23.4 Å². The highest BCUT2D eigenvalue weighted by molar-refractivity contribution is 7.18. The van der Waals surface area contributed by atoms with Crippen LogP contribution in [0.3, 0.4) is 0 Å². The van der Waals surface area contributed by atoms with Gasteiger partial charge in [-0.05, 0) is 47.9 Å². The Labute approximate surface area is 233 Å². The molecule has 0 spiro atoms. The van der Waals surface area contributed by atoms with Crippen LogP contribution in [0.5, 0.6) is 11.5 Å². The summed E-state index contributed by atoms with van der Waals surface area (Å²) in [6, 6.07) is 20.8. The standard InChI is InChI=1S/C31H26FN3O4S/c1-4-24-15-26-29(36)34(18-22-11-12-23(38-2)14-28(22)39-3)31(37)35(30(26)40-24)17-21-10-9-19(13-27(21)32)25-8-6-5-7-20(25)16-33/h5-15H,4,17-18H2,1-3H3. The number of nitriles is 1. The van der Waals surface area contributed by atoms with Crippen molar-refractivity contribution in [2.75, 3.05) is 14.2 Å². The molecule has 0 atom stereocenters. The largest absolute Gasteiger partial charge is 0.497 e. The van der Waals surface area contributed by atoms with Crippen LogP contribution in [0.2, 0.25) is 0 Å². The zero-order chi connectivity index (χ0) is 28.4. The Hall–Kier alpha value is -4.68. The van der Waals surface area contributed by atoms with Crippen molar-refractivity contribution in [1.29, 1.82) is 5.26 Å². The van der Waals surface area contributed by atoms with Gasteiger partial charge in [-0.15, -0.1) is 11.3 Å². The van der Waals surface area contributed by atoms with Gasteiger partial charge in [0.2, 0.25) is 0 Å². The van der Waals surface area contributed by atoms with Crippen LogP contribution in [0.4, 0.5) is 4.39 Å². The highest BCUT2D eigenvalue weighted by atomic mass is 32.1. The maximum Gasteiger partial charge on any atom is 0.332 e. The van der Waals surface area contributed by atoms with E-state index >= 15 is 4.39 Å². The summed E-state index contributed by atoms with van der Waals surface area (Å²) in [5.74, 6) is 0.561. The highest BCUT2D eigenvalue weighted by Gasteiger charge is 2.19. The van der Waals surface area contributed by atoms with E-state index in [1.54, 1.807) is 67.8 Å². The number of ether oxygens (including phenoxy) is 2. The summed E-state index contributed by atoms with van der Waals surface area (Å²) >= 11 is 1.36. The van der Waals surface area contributed by atoms with Crippen LogP contribution in [0.1, 0.15) is 28.5 Å².